The molecular weight excluding hydrogens is 267 g/mol. The van der Waals surface area contributed by atoms with Crippen LogP contribution in [0.4, 0.5) is 13.2 Å². The Hall–Kier alpha value is -1.23. The van der Waals surface area contributed by atoms with Crippen molar-refractivity contribution < 1.29 is 17.9 Å². The van der Waals surface area contributed by atoms with Crippen molar-refractivity contribution in [1.29, 1.82) is 0 Å². The molecule has 112 valence electrons. The van der Waals surface area contributed by atoms with Crippen LogP contribution in [0.1, 0.15) is 37.8 Å². The van der Waals surface area contributed by atoms with Crippen molar-refractivity contribution in [3.05, 3.63) is 29.3 Å². The number of rotatable bonds is 4. The topological polar surface area (TPSA) is 21.3 Å². The second-order valence-corrected chi connectivity index (χ2v) is 5.70. The minimum Gasteiger partial charge on any atom is -0.490 e. The minimum absolute atomic E-state index is 0.00930. The van der Waals surface area contributed by atoms with Gasteiger partial charge in [0.25, 0.3) is 0 Å². The molecule has 0 heterocycles. The van der Waals surface area contributed by atoms with Crippen LogP contribution in [0.15, 0.2) is 18.2 Å². The molecule has 0 amide bonds. The fraction of sp³-hybridized carbons (Fsp3) is 0.600. The summed E-state index contributed by atoms with van der Waals surface area (Å²) in [5.74, 6) is 0.302. The molecule has 5 heteroatoms. The first-order valence-electron chi connectivity index (χ1n) is 6.86. The highest BCUT2D eigenvalue weighted by Crippen LogP contribution is 2.35. The van der Waals surface area contributed by atoms with Crippen LogP contribution in [-0.4, -0.2) is 18.2 Å². The summed E-state index contributed by atoms with van der Waals surface area (Å²) in [6.45, 7) is 5.60. The summed E-state index contributed by atoms with van der Waals surface area (Å²) in [6.07, 6.45) is -2.64. The first-order valence-corrected chi connectivity index (χ1v) is 6.86. The molecule has 1 N–H and O–H groups in total. The van der Waals surface area contributed by atoms with Gasteiger partial charge in [-0.1, -0.05) is 19.9 Å². The number of halogens is 3. The lowest BCUT2D eigenvalue weighted by atomic mass is 9.88. The molecule has 20 heavy (non-hydrogen) atoms. The lowest BCUT2D eigenvalue weighted by Gasteiger charge is -2.37. The number of aryl methyl sites for hydroxylation is 1. The molecule has 1 fully saturated rings. The Balaban J connectivity index is 1.95. The average Bonchev–Trinajstić information content (AvgIpc) is 2.26. The minimum atomic E-state index is -4.33. The van der Waals surface area contributed by atoms with Gasteiger partial charge in [-0.3, -0.25) is 0 Å². The maximum Gasteiger partial charge on any atom is 0.416 e. The molecule has 0 bridgehead atoms. The van der Waals surface area contributed by atoms with Gasteiger partial charge in [0.05, 0.1) is 5.56 Å². The third-order valence-corrected chi connectivity index (χ3v) is 3.48. The summed E-state index contributed by atoms with van der Waals surface area (Å²) in [5.41, 5.74) is -0.399. The molecule has 0 aromatic heterocycles. The van der Waals surface area contributed by atoms with Crippen molar-refractivity contribution in [3.8, 4) is 5.75 Å². The Bertz CT molecular complexity index is 465. The average molecular weight is 287 g/mol. The van der Waals surface area contributed by atoms with E-state index in [0.29, 0.717) is 17.8 Å². The van der Waals surface area contributed by atoms with Crippen LogP contribution in [0.5, 0.6) is 5.75 Å². The molecule has 1 aliphatic carbocycles. The molecular formula is C15H20F3NO. The van der Waals surface area contributed by atoms with Crippen molar-refractivity contribution in [2.75, 3.05) is 0 Å². The van der Waals surface area contributed by atoms with E-state index in [9.17, 15) is 13.2 Å². The van der Waals surface area contributed by atoms with Gasteiger partial charge in [0, 0.05) is 12.1 Å². The third kappa shape index (κ3) is 3.66. The van der Waals surface area contributed by atoms with Crippen molar-refractivity contribution in [3.63, 3.8) is 0 Å². The van der Waals surface area contributed by atoms with Gasteiger partial charge in [0.15, 0.2) is 0 Å². The van der Waals surface area contributed by atoms with Gasteiger partial charge in [-0.25, -0.2) is 0 Å². The molecule has 0 spiro atoms. The zero-order valence-corrected chi connectivity index (χ0v) is 11.9. The van der Waals surface area contributed by atoms with E-state index in [1.54, 1.807) is 6.07 Å². The van der Waals surface area contributed by atoms with Crippen molar-refractivity contribution in [2.45, 2.75) is 58.0 Å². The molecule has 0 unspecified atom stereocenters. The summed E-state index contributed by atoms with van der Waals surface area (Å²) in [7, 11) is 0. The molecule has 0 atom stereocenters. The molecule has 2 rings (SSSR count). The number of hydrogen-bond acceptors (Lipinski definition) is 2. The molecule has 1 aromatic carbocycles. The quantitative estimate of drug-likeness (QED) is 0.906. The Labute approximate surface area is 117 Å². The second-order valence-electron chi connectivity index (χ2n) is 5.70. The van der Waals surface area contributed by atoms with Crippen molar-refractivity contribution in [2.24, 2.45) is 0 Å². The van der Waals surface area contributed by atoms with E-state index in [1.165, 1.54) is 13.0 Å². The molecule has 1 saturated carbocycles. The largest absolute Gasteiger partial charge is 0.490 e. The number of benzene rings is 1. The number of hydrogen-bond donors (Lipinski definition) is 1. The summed E-state index contributed by atoms with van der Waals surface area (Å²) in [4.78, 5) is 0. The molecule has 0 aliphatic heterocycles. The summed E-state index contributed by atoms with van der Waals surface area (Å²) in [5, 5.41) is 3.38. The fourth-order valence-corrected chi connectivity index (χ4v) is 2.44. The normalized spacial score (nSPS) is 22.8. The first-order chi connectivity index (χ1) is 9.25. The van der Waals surface area contributed by atoms with Crippen LogP contribution < -0.4 is 10.1 Å². The summed E-state index contributed by atoms with van der Waals surface area (Å²) >= 11 is 0. The van der Waals surface area contributed by atoms with Gasteiger partial charge in [-0.05, 0) is 37.5 Å². The van der Waals surface area contributed by atoms with Crippen molar-refractivity contribution in [1.82, 2.24) is 5.32 Å². The Morgan fingerprint density at radius 1 is 1.25 bits per heavy atom. The Morgan fingerprint density at radius 3 is 2.45 bits per heavy atom. The van der Waals surface area contributed by atoms with Gasteiger partial charge in [-0.15, -0.1) is 0 Å². The Kier molecular flexibility index (Phi) is 4.28. The number of ether oxygens (including phenoxy) is 1. The predicted molar refractivity (Wildman–Crippen MR) is 71.9 cm³/mol. The molecule has 0 radical (unpaired) electrons. The zero-order valence-electron chi connectivity index (χ0n) is 11.9. The molecule has 0 saturated heterocycles. The van der Waals surface area contributed by atoms with Gasteiger partial charge in [-0.2, -0.15) is 13.2 Å². The molecule has 1 aromatic rings. The highest BCUT2D eigenvalue weighted by molar-refractivity contribution is 5.36. The van der Waals surface area contributed by atoms with E-state index in [1.807, 2.05) is 0 Å². The van der Waals surface area contributed by atoms with Gasteiger partial charge in [0.2, 0.25) is 0 Å². The smallest absolute Gasteiger partial charge is 0.416 e. The monoisotopic (exact) mass is 287 g/mol. The standard InChI is InChI=1S/C15H20F3NO/c1-9(2)19-11-6-13(7-11)20-12-5-4-10(3)14(8-12)15(16,17)18/h4-5,8-9,11,13,19H,6-7H2,1-3H3. The van der Waals surface area contributed by atoms with Gasteiger partial charge >= 0.3 is 6.18 Å². The zero-order chi connectivity index (χ0) is 14.9. The van der Waals surface area contributed by atoms with Crippen LogP contribution in [0.3, 0.4) is 0 Å². The lowest BCUT2D eigenvalue weighted by molar-refractivity contribution is -0.138. The maximum atomic E-state index is 12.8. The maximum absolute atomic E-state index is 12.8. The second kappa shape index (κ2) is 5.64. The van der Waals surface area contributed by atoms with Crippen LogP contribution in [0, 0.1) is 6.92 Å². The van der Waals surface area contributed by atoms with E-state index < -0.39 is 11.7 Å². The van der Waals surface area contributed by atoms with E-state index in [4.69, 9.17) is 4.74 Å². The van der Waals surface area contributed by atoms with Crippen LogP contribution in [0.25, 0.3) is 0 Å². The number of alkyl halides is 3. The summed E-state index contributed by atoms with van der Waals surface area (Å²) in [6, 6.07) is 4.98. The van der Waals surface area contributed by atoms with E-state index >= 15 is 0 Å². The highest BCUT2D eigenvalue weighted by Gasteiger charge is 2.34. The predicted octanol–water partition coefficient (Wildman–Crippen LogP) is 3.92. The van der Waals surface area contributed by atoms with Gasteiger partial charge < -0.3 is 10.1 Å². The third-order valence-electron chi connectivity index (χ3n) is 3.48. The first kappa shape index (κ1) is 15.2. The van der Waals surface area contributed by atoms with Crippen molar-refractivity contribution >= 4 is 0 Å². The highest BCUT2D eigenvalue weighted by atomic mass is 19.4. The number of nitrogens with one attached hydrogen (secondary N) is 1. The van der Waals surface area contributed by atoms with E-state index in [2.05, 4.69) is 19.2 Å². The fourth-order valence-electron chi connectivity index (χ4n) is 2.44. The molecule has 1 aliphatic rings. The molecule has 2 nitrogen and oxygen atoms in total. The van der Waals surface area contributed by atoms with E-state index in [0.717, 1.165) is 18.9 Å². The SMILES string of the molecule is Cc1ccc(OC2CC(NC(C)C)C2)cc1C(F)(F)F. The lowest BCUT2D eigenvalue weighted by Crippen LogP contribution is -2.49. The Morgan fingerprint density at radius 2 is 1.90 bits per heavy atom. The van der Waals surface area contributed by atoms with Crippen LogP contribution >= 0.6 is 0 Å². The van der Waals surface area contributed by atoms with Gasteiger partial charge in [0.1, 0.15) is 11.9 Å². The van der Waals surface area contributed by atoms with Crippen LogP contribution in [-0.2, 0) is 6.18 Å². The van der Waals surface area contributed by atoms with Crippen LogP contribution in [0.2, 0.25) is 0 Å². The summed E-state index contributed by atoms with van der Waals surface area (Å²) < 4.78 is 44.0. The van der Waals surface area contributed by atoms with E-state index in [-0.39, 0.29) is 11.7 Å².